The Morgan fingerprint density at radius 3 is 2.84 bits per heavy atom. The van der Waals surface area contributed by atoms with Crippen LogP contribution in [0.25, 0.3) is 5.69 Å². The van der Waals surface area contributed by atoms with Crippen molar-refractivity contribution in [3.8, 4) is 5.69 Å². The minimum absolute atomic E-state index is 0.0406. The van der Waals surface area contributed by atoms with Gasteiger partial charge < -0.3 is 10.6 Å². The number of carbonyl (C=O) groups excluding carboxylic acids is 2. The maximum absolute atomic E-state index is 12.3. The fourth-order valence-corrected chi connectivity index (χ4v) is 3.68. The number of nitrogens with one attached hydrogen (secondary N) is 2. The van der Waals surface area contributed by atoms with Gasteiger partial charge in [-0.15, -0.1) is 0 Å². The second kappa shape index (κ2) is 7.31. The van der Waals surface area contributed by atoms with E-state index >= 15 is 0 Å². The molecule has 25 heavy (non-hydrogen) atoms. The van der Waals surface area contributed by atoms with Crippen molar-refractivity contribution in [3.63, 3.8) is 0 Å². The number of carbonyl (C=O) groups is 2. The zero-order valence-electron chi connectivity index (χ0n) is 14.6. The third kappa shape index (κ3) is 3.71. The number of thioether (sulfide) groups is 1. The van der Waals surface area contributed by atoms with Gasteiger partial charge in [-0.3, -0.25) is 9.59 Å². The number of aromatic nitrogens is 2. The highest BCUT2D eigenvalue weighted by molar-refractivity contribution is 7.98. The molecule has 0 aliphatic carbocycles. The quantitative estimate of drug-likeness (QED) is 0.824. The highest BCUT2D eigenvalue weighted by Gasteiger charge is 2.26. The van der Waals surface area contributed by atoms with Crippen LogP contribution in [0.3, 0.4) is 0 Å². The van der Waals surface area contributed by atoms with Crippen molar-refractivity contribution in [2.75, 3.05) is 5.32 Å². The van der Waals surface area contributed by atoms with Crippen LogP contribution in [0.2, 0.25) is 0 Å². The van der Waals surface area contributed by atoms with Gasteiger partial charge in [0.15, 0.2) is 0 Å². The number of rotatable bonds is 4. The molecule has 1 atom stereocenters. The lowest BCUT2D eigenvalue weighted by molar-refractivity contribution is -0.136. The van der Waals surface area contributed by atoms with E-state index in [1.165, 1.54) is 0 Å². The molecule has 1 aromatic heterocycles. The Bertz CT molecular complexity index is 815. The third-order valence-corrected chi connectivity index (χ3v) is 5.20. The summed E-state index contributed by atoms with van der Waals surface area (Å²) in [5, 5.41) is 10.1. The summed E-state index contributed by atoms with van der Waals surface area (Å²) >= 11 is 1.75. The number of hydrogen-bond donors (Lipinski definition) is 2. The average molecular weight is 358 g/mol. The molecule has 0 unspecified atom stereocenters. The predicted octanol–water partition coefficient (Wildman–Crippen LogP) is 2.78. The molecule has 2 amide bonds. The fraction of sp³-hybridized carbons (Fsp3) is 0.389. The number of anilines is 1. The van der Waals surface area contributed by atoms with Crippen LogP contribution in [-0.2, 0) is 21.1 Å². The maximum Gasteiger partial charge on any atom is 0.314 e. The highest BCUT2D eigenvalue weighted by Crippen LogP contribution is 2.36. The molecule has 0 saturated carbocycles. The summed E-state index contributed by atoms with van der Waals surface area (Å²) in [6, 6.07) is 7.87. The summed E-state index contributed by atoms with van der Waals surface area (Å²) < 4.78 is 1.73. The number of fused-ring (bicyclic) bond motifs is 1. The lowest BCUT2D eigenvalue weighted by atomic mass is 10.2. The summed E-state index contributed by atoms with van der Waals surface area (Å²) in [7, 11) is 0. The first kappa shape index (κ1) is 17.5. The van der Waals surface area contributed by atoms with Gasteiger partial charge in [0.25, 0.3) is 0 Å². The average Bonchev–Trinajstić information content (AvgIpc) is 3.17. The van der Waals surface area contributed by atoms with Gasteiger partial charge in [0.05, 0.1) is 11.4 Å². The van der Waals surface area contributed by atoms with Crippen molar-refractivity contribution < 1.29 is 9.59 Å². The van der Waals surface area contributed by atoms with Gasteiger partial charge >= 0.3 is 11.8 Å². The Hall–Kier alpha value is -2.28. The molecule has 0 saturated heterocycles. The molecular formula is C18H22N4O2S. The topological polar surface area (TPSA) is 76.0 Å². The van der Waals surface area contributed by atoms with Crippen molar-refractivity contribution in [2.24, 2.45) is 0 Å². The Balaban J connectivity index is 1.90. The number of amides is 2. The molecule has 132 valence electrons. The first-order chi connectivity index (χ1) is 12.0. The molecule has 0 radical (unpaired) electrons. The second-order valence-electron chi connectivity index (χ2n) is 6.25. The van der Waals surface area contributed by atoms with E-state index in [1.807, 2.05) is 45.0 Å². The van der Waals surface area contributed by atoms with Crippen LogP contribution < -0.4 is 10.6 Å². The van der Waals surface area contributed by atoms with Crippen molar-refractivity contribution in [2.45, 2.75) is 44.7 Å². The largest absolute Gasteiger partial charge is 0.345 e. The molecular weight excluding hydrogens is 336 g/mol. The molecule has 0 bridgehead atoms. The minimum atomic E-state index is -0.659. The second-order valence-corrected chi connectivity index (χ2v) is 7.24. The van der Waals surface area contributed by atoms with E-state index in [0.29, 0.717) is 5.82 Å². The van der Waals surface area contributed by atoms with Gasteiger partial charge in [0.1, 0.15) is 5.82 Å². The lowest BCUT2D eigenvalue weighted by Crippen LogP contribution is -2.40. The lowest BCUT2D eigenvalue weighted by Gasteiger charge is -2.13. The van der Waals surface area contributed by atoms with Crippen molar-refractivity contribution in [1.29, 1.82) is 0 Å². The normalized spacial score (nSPS) is 14.0. The Labute approximate surface area is 151 Å². The van der Waals surface area contributed by atoms with Crippen LogP contribution in [-0.4, -0.2) is 27.6 Å². The molecule has 2 aromatic rings. The monoisotopic (exact) mass is 358 g/mol. The van der Waals surface area contributed by atoms with E-state index in [1.54, 1.807) is 16.4 Å². The van der Waals surface area contributed by atoms with E-state index in [0.717, 1.165) is 40.4 Å². The van der Waals surface area contributed by atoms with Crippen LogP contribution in [0.1, 0.15) is 37.1 Å². The number of nitrogens with zero attached hydrogens (tertiary/aromatic N) is 2. The van der Waals surface area contributed by atoms with Gasteiger partial charge in [0, 0.05) is 23.1 Å². The molecule has 7 heteroatoms. The first-order valence-corrected chi connectivity index (χ1v) is 9.52. The van der Waals surface area contributed by atoms with E-state index < -0.39 is 11.8 Å². The smallest absolute Gasteiger partial charge is 0.314 e. The Morgan fingerprint density at radius 1 is 1.32 bits per heavy atom. The molecule has 1 aliphatic rings. The van der Waals surface area contributed by atoms with Crippen molar-refractivity contribution in [1.82, 2.24) is 15.1 Å². The van der Waals surface area contributed by atoms with Crippen LogP contribution in [0.15, 0.2) is 24.3 Å². The standard InChI is InChI=1S/C18H22N4O2S/c1-4-12(3)19-17(23)18(24)20-16-14-9-25-10-15(14)21-22(16)13-7-5-6-11(2)8-13/h5-8,12H,4,9-10H2,1-3H3,(H,19,23)(H,20,24)/t12-/m0/s1. The molecule has 1 aliphatic heterocycles. The summed E-state index contributed by atoms with van der Waals surface area (Å²) in [6.07, 6.45) is 0.770. The van der Waals surface area contributed by atoms with Gasteiger partial charge in [-0.05, 0) is 38.0 Å². The van der Waals surface area contributed by atoms with Gasteiger partial charge in [-0.25, -0.2) is 4.68 Å². The van der Waals surface area contributed by atoms with E-state index in [9.17, 15) is 9.59 Å². The molecule has 6 nitrogen and oxygen atoms in total. The molecule has 3 rings (SSSR count). The third-order valence-electron chi connectivity index (χ3n) is 4.23. The van der Waals surface area contributed by atoms with Crippen LogP contribution >= 0.6 is 11.8 Å². The molecule has 2 N–H and O–H groups in total. The zero-order chi connectivity index (χ0) is 18.0. The van der Waals surface area contributed by atoms with Gasteiger partial charge in [-0.1, -0.05) is 19.1 Å². The summed E-state index contributed by atoms with van der Waals surface area (Å²) in [6.45, 7) is 5.84. The van der Waals surface area contributed by atoms with Crippen LogP contribution in [0.5, 0.6) is 0 Å². The minimum Gasteiger partial charge on any atom is -0.345 e. The molecule has 0 fully saturated rings. The van der Waals surface area contributed by atoms with Crippen molar-refractivity contribution in [3.05, 3.63) is 41.1 Å². The zero-order valence-corrected chi connectivity index (χ0v) is 15.4. The summed E-state index contributed by atoms with van der Waals surface area (Å²) in [5.74, 6) is 0.911. The number of aryl methyl sites for hydroxylation is 1. The maximum atomic E-state index is 12.3. The van der Waals surface area contributed by atoms with Crippen molar-refractivity contribution >= 4 is 29.4 Å². The number of hydrogen-bond acceptors (Lipinski definition) is 4. The van der Waals surface area contributed by atoms with E-state index in [2.05, 4.69) is 15.7 Å². The predicted molar refractivity (Wildman–Crippen MR) is 99.8 cm³/mol. The van der Waals surface area contributed by atoms with Crippen LogP contribution in [0, 0.1) is 6.92 Å². The summed E-state index contributed by atoms with van der Waals surface area (Å²) in [4.78, 5) is 24.4. The Kier molecular flexibility index (Phi) is 5.13. The molecule has 1 aromatic carbocycles. The van der Waals surface area contributed by atoms with E-state index in [-0.39, 0.29) is 6.04 Å². The summed E-state index contributed by atoms with van der Waals surface area (Å²) in [5.41, 5.74) is 3.94. The number of benzene rings is 1. The van der Waals surface area contributed by atoms with E-state index in [4.69, 9.17) is 0 Å². The Morgan fingerprint density at radius 2 is 2.12 bits per heavy atom. The van der Waals surface area contributed by atoms with Gasteiger partial charge in [0.2, 0.25) is 0 Å². The SMILES string of the molecule is CC[C@H](C)NC(=O)C(=O)Nc1c2c(nn1-c1cccc(C)c1)CSC2. The molecule has 2 heterocycles. The van der Waals surface area contributed by atoms with Gasteiger partial charge in [-0.2, -0.15) is 16.9 Å². The first-order valence-electron chi connectivity index (χ1n) is 8.37. The van der Waals surface area contributed by atoms with Crippen LogP contribution in [0.4, 0.5) is 5.82 Å². The fourth-order valence-electron chi connectivity index (χ4n) is 2.64. The highest BCUT2D eigenvalue weighted by atomic mass is 32.2. The molecule has 0 spiro atoms.